The molecule has 0 fully saturated rings. The quantitative estimate of drug-likeness (QED) is 0.217. The molecule has 3 aromatic rings. The molecule has 1 aliphatic heterocycles. The Hall–Kier alpha value is -3.69. The third-order valence-corrected chi connectivity index (χ3v) is 5.65. The highest BCUT2D eigenvalue weighted by Crippen LogP contribution is 2.38. The summed E-state index contributed by atoms with van der Waals surface area (Å²) >= 11 is 0. The van der Waals surface area contributed by atoms with E-state index in [1.54, 1.807) is 30.3 Å². The molecule has 2 amide bonds. The lowest BCUT2D eigenvalue weighted by molar-refractivity contribution is -0.142. The Bertz CT molecular complexity index is 1290. The summed E-state index contributed by atoms with van der Waals surface area (Å²) < 4.78 is 79.9. The lowest BCUT2D eigenvalue weighted by Gasteiger charge is -2.14. The number of allylic oxidation sites excluding steroid dienone is 1. The fraction of sp³-hybridized carbons (Fsp3) is 0.240. The van der Waals surface area contributed by atoms with E-state index in [2.05, 4.69) is 4.98 Å². The van der Waals surface area contributed by atoms with Gasteiger partial charge in [-0.15, -0.1) is 0 Å². The summed E-state index contributed by atoms with van der Waals surface area (Å²) in [5, 5.41) is -0.0462. The van der Waals surface area contributed by atoms with Gasteiger partial charge in [-0.2, -0.15) is 26.3 Å². The first kappa shape index (κ1) is 24.4. The fourth-order valence-corrected chi connectivity index (χ4v) is 3.97. The highest BCUT2D eigenvalue weighted by molar-refractivity contribution is 6.21. The SMILES string of the molecule is O=C1c2ccccc2C(=O)N1CCCCC=Cc1cc(C(F)(F)F)nc2c(C(F)(F)F)cccc12. The van der Waals surface area contributed by atoms with E-state index in [9.17, 15) is 35.9 Å². The van der Waals surface area contributed by atoms with Gasteiger partial charge < -0.3 is 0 Å². The van der Waals surface area contributed by atoms with Crippen LogP contribution in [0, 0.1) is 0 Å². The first-order valence-corrected chi connectivity index (χ1v) is 10.7. The number of hydrogen-bond donors (Lipinski definition) is 0. The minimum atomic E-state index is -4.91. The second-order valence-corrected chi connectivity index (χ2v) is 8.00. The number of imide groups is 1. The largest absolute Gasteiger partial charge is 0.433 e. The van der Waals surface area contributed by atoms with Crippen LogP contribution in [0.5, 0.6) is 0 Å². The summed E-state index contributed by atoms with van der Waals surface area (Å²) in [6, 6.07) is 10.3. The zero-order chi connectivity index (χ0) is 25.4. The van der Waals surface area contributed by atoms with E-state index < -0.39 is 29.1 Å². The Morgan fingerprint density at radius 3 is 2.09 bits per heavy atom. The average Bonchev–Trinajstić information content (AvgIpc) is 3.04. The van der Waals surface area contributed by atoms with Crippen molar-refractivity contribution in [3.8, 4) is 0 Å². The lowest BCUT2D eigenvalue weighted by Crippen LogP contribution is -2.30. The standard InChI is InChI=1S/C25H18F6N2O2/c26-24(27,28)19-12-7-11-16-15(14-20(25(29,30)31)32-21(16)19)8-3-1-2-6-13-33-22(34)17-9-4-5-10-18(17)23(33)35/h3-5,7-12,14H,1-2,6,13H2. The highest BCUT2D eigenvalue weighted by Gasteiger charge is 2.37. The van der Waals surface area contributed by atoms with Crippen molar-refractivity contribution >= 4 is 28.8 Å². The lowest BCUT2D eigenvalue weighted by atomic mass is 10.0. The predicted molar refractivity (Wildman–Crippen MR) is 116 cm³/mol. The fourth-order valence-electron chi connectivity index (χ4n) is 3.97. The number of rotatable bonds is 6. The van der Waals surface area contributed by atoms with E-state index >= 15 is 0 Å². The van der Waals surface area contributed by atoms with Crippen LogP contribution in [0.4, 0.5) is 26.3 Å². The summed E-state index contributed by atoms with van der Waals surface area (Å²) in [6.45, 7) is 0.186. The molecule has 0 unspecified atom stereocenters. The third-order valence-electron chi connectivity index (χ3n) is 5.65. The monoisotopic (exact) mass is 492 g/mol. The van der Waals surface area contributed by atoms with Gasteiger partial charge in [-0.3, -0.25) is 14.5 Å². The Morgan fingerprint density at radius 1 is 0.829 bits per heavy atom. The van der Waals surface area contributed by atoms with Gasteiger partial charge in [0, 0.05) is 11.9 Å². The van der Waals surface area contributed by atoms with Crippen LogP contribution in [0.1, 0.15) is 56.8 Å². The smallest absolute Gasteiger partial charge is 0.274 e. The van der Waals surface area contributed by atoms with Crippen molar-refractivity contribution in [1.82, 2.24) is 9.88 Å². The topological polar surface area (TPSA) is 50.3 Å². The van der Waals surface area contributed by atoms with Gasteiger partial charge in [-0.25, -0.2) is 4.98 Å². The first-order valence-electron chi connectivity index (χ1n) is 10.7. The molecule has 182 valence electrons. The summed E-state index contributed by atoms with van der Waals surface area (Å²) in [5.41, 5.74) is -2.75. The molecule has 0 saturated carbocycles. The van der Waals surface area contributed by atoms with Crippen molar-refractivity contribution in [3.05, 3.63) is 82.6 Å². The van der Waals surface area contributed by atoms with Crippen LogP contribution in [0.15, 0.2) is 54.6 Å². The second-order valence-electron chi connectivity index (χ2n) is 8.00. The summed E-state index contributed by atoms with van der Waals surface area (Å²) in [6.07, 6.45) is -5.54. The van der Waals surface area contributed by atoms with E-state index in [0.29, 0.717) is 36.5 Å². The molecule has 0 spiro atoms. The zero-order valence-electron chi connectivity index (χ0n) is 18.1. The Kier molecular flexibility index (Phi) is 6.40. The van der Waals surface area contributed by atoms with Crippen LogP contribution < -0.4 is 0 Å². The van der Waals surface area contributed by atoms with Gasteiger partial charge >= 0.3 is 12.4 Å². The van der Waals surface area contributed by atoms with Crippen molar-refractivity contribution in [2.24, 2.45) is 0 Å². The molecule has 2 heterocycles. The van der Waals surface area contributed by atoms with Gasteiger partial charge in [0.2, 0.25) is 0 Å². The molecule has 0 N–H and O–H groups in total. The van der Waals surface area contributed by atoms with Crippen LogP contribution in [0.3, 0.4) is 0 Å². The van der Waals surface area contributed by atoms with E-state index in [4.69, 9.17) is 0 Å². The summed E-state index contributed by atoms with van der Waals surface area (Å²) in [5.74, 6) is -0.742. The number of carbonyl (C=O) groups is 2. The second kappa shape index (κ2) is 9.16. The molecule has 1 aromatic heterocycles. The normalized spacial score (nSPS) is 14.4. The van der Waals surface area contributed by atoms with E-state index in [1.807, 2.05) is 0 Å². The minimum absolute atomic E-state index is 0.0335. The van der Waals surface area contributed by atoms with Crippen molar-refractivity contribution in [3.63, 3.8) is 0 Å². The van der Waals surface area contributed by atoms with E-state index in [0.717, 1.165) is 17.0 Å². The van der Waals surface area contributed by atoms with Crippen molar-refractivity contribution in [2.75, 3.05) is 6.54 Å². The van der Waals surface area contributed by atoms with Crippen LogP contribution in [0.25, 0.3) is 17.0 Å². The maximum atomic E-state index is 13.3. The molecular weight excluding hydrogens is 474 g/mol. The number of aromatic nitrogens is 1. The number of unbranched alkanes of at least 4 members (excludes halogenated alkanes) is 2. The van der Waals surface area contributed by atoms with Gasteiger partial charge in [0.05, 0.1) is 22.2 Å². The van der Waals surface area contributed by atoms with Crippen LogP contribution >= 0.6 is 0 Å². The minimum Gasteiger partial charge on any atom is -0.274 e. The summed E-state index contributed by atoms with van der Waals surface area (Å²) in [7, 11) is 0. The average molecular weight is 492 g/mol. The molecule has 10 heteroatoms. The molecule has 0 bridgehead atoms. The molecule has 1 aliphatic rings. The molecule has 0 atom stereocenters. The summed E-state index contributed by atoms with van der Waals surface area (Å²) in [4.78, 5) is 29.1. The molecule has 0 saturated heterocycles. The maximum absolute atomic E-state index is 13.3. The number of amides is 2. The first-order chi connectivity index (χ1) is 16.5. The molecule has 4 nitrogen and oxygen atoms in total. The number of hydrogen-bond acceptors (Lipinski definition) is 3. The van der Waals surface area contributed by atoms with E-state index in [1.165, 1.54) is 12.1 Å². The molecule has 0 aliphatic carbocycles. The highest BCUT2D eigenvalue weighted by atomic mass is 19.4. The number of halogens is 6. The zero-order valence-corrected chi connectivity index (χ0v) is 18.1. The van der Waals surface area contributed by atoms with Gasteiger partial charge in [0.1, 0.15) is 5.69 Å². The molecule has 0 radical (unpaired) electrons. The van der Waals surface area contributed by atoms with Crippen molar-refractivity contribution in [2.45, 2.75) is 31.6 Å². The van der Waals surface area contributed by atoms with Gasteiger partial charge in [0.15, 0.2) is 0 Å². The molecule has 2 aromatic carbocycles. The third kappa shape index (κ3) is 4.91. The number of carbonyl (C=O) groups excluding carboxylic acids is 2. The van der Waals surface area contributed by atoms with Gasteiger partial charge in [-0.1, -0.05) is 36.4 Å². The van der Waals surface area contributed by atoms with Crippen LogP contribution in [-0.2, 0) is 12.4 Å². The number of fused-ring (bicyclic) bond motifs is 2. The number of alkyl halides is 6. The number of para-hydroxylation sites is 1. The van der Waals surface area contributed by atoms with Gasteiger partial charge in [0.25, 0.3) is 11.8 Å². The van der Waals surface area contributed by atoms with Crippen molar-refractivity contribution in [1.29, 1.82) is 0 Å². The molecule has 4 rings (SSSR count). The Balaban J connectivity index is 1.47. The predicted octanol–water partition coefficient (Wildman–Crippen LogP) is 6.75. The molecule has 35 heavy (non-hydrogen) atoms. The number of pyridine rings is 1. The van der Waals surface area contributed by atoms with Crippen molar-refractivity contribution < 1.29 is 35.9 Å². The molecular formula is C25H18F6N2O2. The Morgan fingerprint density at radius 2 is 1.49 bits per heavy atom. The Labute approximate surface area is 195 Å². The number of nitrogens with zero attached hydrogens (tertiary/aromatic N) is 2. The van der Waals surface area contributed by atoms with E-state index in [-0.39, 0.29) is 29.3 Å². The van der Waals surface area contributed by atoms with Gasteiger partial charge in [-0.05, 0) is 49.1 Å². The van der Waals surface area contributed by atoms with Crippen LogP contribution in [0.2, 0.25) is 0 Å². The number of benzene rings is 2. The van der Waals surface area contributed by atoms with Crippen LogP contribution in [-0.4, -0.2) is 28.2 Å². The maximum Gasteiger partial charge on any atom is 0.433 e.